The number of nitrogens with one attached hydrogen (secondary N) is 1. The van der Waals surface area contributed by atoms with Gasteiger partial charge in [0.25, 0.3) is 5.91 Å². The third kappa shape index (κ3) is 2.27. The number of phenols is 1. The minimum atomic E-state index is -0.337. The minimum Gasteiger partial charge on any atom is -0.508 e. The van der Waals surface area contributed by atoms with Crippen molar-refractivity contribution in [2.24, 2.45) is 7.05 Å². The molecular weight excluding hydrogens is 232 g/mol. The molecule has 0 saturated carbocycles. The van der Waals surface area contributed by atoms with Gasteiger partial charge in [-0.2, -0.15) is 5.10 Å². The van der Waals surface area contributed by atoms with Crippen LogP contribution in [0.2, 0.25) is 0 Å². The molecule has 0 aliphatic carbocycles. The van der Waals surface area contributed by atoms with Crippen molar-refractivity contribution in [2.75, 3.05) is 11.1 Å². The summed E-state index contributed by atoms with van der Waals surface area (Å²) in [6.07, 6.45) is 0. The molecule has 2 rings (SSSR count). The van der Waals surface area contributed by atoms with Crippen molar-refractivity contribution in [3.8, 4) is 5.75 Å². The number of hydrogen-bond acceptors (Lipinski definition) is 4. The molecule has 0 aliphatic heterocycles. The molecule has 1 amide bonds. The maximum absolute atomic E-state index is 11.9. The molecule has 0 atom stereocenters. The van der Waals surface area contributed by atoms with E-state index in [4.69, 9.17) is 5.73 Å². The molecule has 0 radical (unpaired) electrons. The molecule has 0 fully saturated rings. The molecule has 94 valence electrons. The Morgan fingerprint density at radius 2 is 2.17 bits per heavy atom. The van der Waals surface area contributed by atoms with E-state index in [-0.39, 0.29) is 11.7 Å². The van der Waals surface area contributed by atoms with Crippen molar-refractivity contribution in [3.05, 3.63) is 35.7 Å². The summed E-state index contributed by atoms with van der Waals surface area (Å²) in [6.45, 7) is 1.86. The lowest BCUT2D eigenvalue weighted by Gasteiger charge is -2.06. The molecule has 2 aromatic rings. The molecule has 6 nitrogen and oxygen atoms in total. The molecule has 6 heteroatoms. The molecule has 4 N–H and O–H groups in total. The predicted molar refractivity (Wildman–Crippen MR) is 68.4 cm³/mol. The van der Waals surface area contributed by atoms with E-state index < -0.39 is 0 Å². The summed E-state index contributed by atoms with van der Waals surface area (Å²) < 4.78 is 1.62. The SMILES string of the molecule is Cc1cc(C(=O)Nc2ccc(O)cc2N)nn1C. The molecule has 0 bridgehead atoms. The summed E-state index contributed by atoms with van der Waals surface area (Å²) in [5.41, 5.74) is 7.64. The number of aromatic hydroxyl groups is 1. The summed E-state index contributed by atoms with van der Waals surface area (Å²) in [5.74, 6) is -0.282. The third-order valence-electron chi connectivity index (χ3n) is 2.63. The molecule has 18 heavy (non-hydrogen) atoms. The number of carbonyl (C=O) groups is 1. The number of rotatable bonds is 2. The number of benzene rings is 1. The number of anilines is 2. The Hall–Kier alpha value is -2.50. The second-order valence-corrected chi connectivity index (χ2v) is 4.02. The summed E-state index contributed by atoms with van der Waals surface area (Å²) >= 11 is 0. The maximum Gasteiger partial charge on any atom is 0.276 e. The molecule has 1 heterocycles. The predicted octanol–water partition coefficient (Wildman–Crippen LogP) is 1.27. The standard InChI is InChI=1S/C12H14N4O2/c1-7-5-11(15-16(7)2)12(18)14-10-4-3-8(17)6-9(10)13/h3-6,17H,13H2,1-2H3,(H,14,18). The number of aryl methyl sites for hydroxylation is 2. The van der Waals surface area contributed by atoms with Gasteiger partial charge in [0.05, 0.1) is 11.4 Å². The van der Waals surface area contributed by atoms with Gasteiger partial charge in [0.1, 0.15) is 5.75 Å². The largest absolute Gasteiger partial charge is 0.508 e. The van der Waals surface area contributed by atoms with Crippen molar-refractivity contribution >= 4 is 17.3 Å². The Morgan fingerprint density at radius 3 is 2.72 bits per heavy atom. The van der Waals surface area contributed by atoms with Crippen molar-refractivity contribution in [1.29, 1.82) is 0 Å². The molecule has 0 spiro atoms. The van der Waals surface area contributed by atoms with Crippen LogP contribution < -0.4 is 11.1 Å². The van der Waals surface area contributed by atoms with Crippen LogP contribution >= 0.6 is 0 Å². The second-order valence-electron chi connectivity index (χ2n) is 4.02. The maximum atomic E-state index is 11.9. The summed E-state index contributed by atoms with van der Waals surface area (Å²) in [4.78, 5) is 11.9. The zero-order valence-electron chi connectivity index (χ0n) is 10.1. The number of hydrogen-bond donors (Lipinski definition) is 3. The van der Waals surface area contributed by atoms with E-state index in [1.807, 2.05) is 6.92 Å². The van der Waals surface area contributed by atoms with Crippen molar-refractivity contribution < 1.29 is 9.90 Å². The fraction of sp³-hybridized carbons (Fsp3) is 0.167. The zero-order valence-corrected chi connectivity index (χ0v) is 10.1. The third-order valence-corrected chi connectivity index (χ3v) is 2.63. The van der Waals surface area contributed by atoms with Crippen LogP contribution in [0.3, 0.4) is 0 Å². The quantitative estimate of drug-likeness (QED) is 0.549. The van der Waals surface area contributed by atoms with Gasteiger partial charge in [-0.1, -0.05) is 0 Å². The van der Waals surface area contributed by atoms with E-state index in [0.29, 0.717) is 17.1 Å². The Morgan fingerprint density at radius 1 is 1.44 bits per heavy atom. The van der Waals surface area contributed by atoms with Gasteiger partial charge in [0.15, 0.2) is 5.69 Å². The monoisotopic (exact) mass is 246 g/mol. The highest BCUT2D eigenvalue weighted by molar-refractivity contribution is 6.04. The lowest BCUT2D eigenvalue weighted by atomic mass is 10.2. The number of amides is 1. The minimum absolute atomic E-state index is 0.0548. The molecular formula is C12H14N4O2. The first kappa shape index (κ1) is 12.0. The molecule has 1 aromatic heterocycles. The Balaban J connectivity index is 2.21. The average molecular weight is 246 g/mol. The zero-order chi connectivity index (χ0) is 13.3. The van der Waals surface area contributed by atoms with Crippen molar-refractivity contribution in [2.45, 2.75) is 6.92 Å². The van der Waals surface area contributed by atoms with Gasteiger partial charge in [0.2, 0.25) is 0 Å². The second kappa shape index (κ2) is 4.40. The Kier molecular flexibility index (Phi) is 2.93. The fourth-order valence-corrected chi connectivity index (χ4v) is 1.52. The Bertz CT molecular complexity index is 585. The Labute approximate surface area is 104 Å². The van der Waals surface area contributed by atoms with Gasteiger partial charge in [-0.3, -0.25) is 9.48 Å². The smallest absolute Gasteiger partial charge is 0.276 e. The van der Waals surface area contributed by atoms with Gasteiger partial charge in [-0.05, 0) is 25.1 Å². The first-order valence-electron chi connectivity index (χ1n) is 5.38. The first-order valence-corrected chi connectivity index (χ1v) is 5.38. The van der Waals surface area contributed by atoms with Gasteiger partial charge >= 0.3 is 0 Å². The van der Waals surface area contributed by atoms with Gasteiger partial charge in [-0.15, -0.1) is 0 Å². The lowest BCUT2D eigenvalue weighted by Crippen LogP contribution is -2.14. The van der Waals surface area contributed by atoms with Crippen LogP contribution in [-0.2, 0) is 7.05 Å². The van der Waals surface area contributed by atoms with E-state index in [1.54, 1.807) is 23.9 Å². The molecule has 0 aliphatic rings. The summed E-state index contributed by atoms with van der Waals surface area (Å²) in [6, 6.07) is 6.05. The molecule has 0 unspecified atom stereocenters. The molecule has 0 saturated heterocycles. The number of nitrogens with two attached hydrogens (primary N) is 1. The summed E-state index contributed by atoms with van der Waals surface area (Å²) in [5, 5.41) is 15.9. The van der Waals surface area contributed by atoms with E-state index in [1.165, 1.54) is 12.1 Å². The first-order chi connectivity index (χ1) is 8.47. The van der Waals surface area contributed by atoms with Crippen LogP contribution in [-0.4, -0.2) is 20.8 Å². The van der Waals surface area contributed by atoms with Crippen molar-refractivity contribution in [3.63, 3.8) is 0 Å². The number of nitrogen functional groups attached to an aromatic ring is 1. The highest BCUT2D eigenvalue weighted by Gasteiger charge is 2.12. The topological polar surface area (TPSA) is 93.2 Å². The van der Waals surface area contributed by atoms with Gasteiger partial charge in [0, 0.05) is 18.8 Å². The number of phenolic OH excluding ortho intramolecular Hbond substituents is 1. The van der Waals surface area contributed by atoms with E-state index in [2.05, 4.69) is 10.4 Å². The number of carbonyl (C=O) groups excluding carboxylic acids is 1. The van der Waals surface area contributed by atoms with Crippen molar-refractivity contribution in [1.82, 2.24) is 9.78 Å². The van der Waals surface area contributed by atoms with Crippen LogP contribution in [0.1, 0.15) is 16.2 Å². The van der Waals surface area contributed by atoms with E-state index >= 15 is 0 Å². The van der Waals surface area contributed by atoms with Crippen LogP contribution in [0, 0.1) is 6.92 Å². The van der Waals surface area contributed by atoms with E-state index in [0.717, 1.165) is 5.69 Å². The van der Waals surface area contributed by atoms with Gasteiger partial charge in [-0.25, -0.2) is 0 Å². The summed E-state index contributed by atoms with van der Waals surface area (Å²) in [7, 11) is 1.76. The lowest BCUT2D eigenvalue weighted by molar-refractivity contribution is 0.102. The normalized spacial score (nSPS) is 10.3. The number of nitrogens with zero attached hydrogens (tertiary/aromatic N) is 2. The van der Waals surface area contributed by atoms with Crippen LogP contribution in [0.4, 0.5) is 11.4 Å². The van der Waals surface area contributed by atoms with E-state index in [9.17, 15) is 9.90 Å². The van der Waals surface area contributed by atoms with Crippen LogP contribution in [0.15, 0.2) is 24.3 Å². The van der Waals surface area contributed by atoms with Crippen LogP contribution in [0.25, 0.3) is 0 Å². The highest BCUT2D eigenvalue weighted by Crippen LogP contribution is 2.23. The van der Waals surface area contributed by atoms with Crippen LogP contribution in [0.5, 0.6) is 5.75 Å². The average Bonchev–Trinajstić information content (AvgIpc) is 2.63. The molecule has 1 aromatic carbocycles. The fourth-order valence-electron chi connectivity index (χ4n) is 1.52. The number of aromatic nitrogens is 2. The highest BCUT2D eigenvalue weighted by atomic mass is 16.3. The van der Waals surface area contributed by atoms with Gasteiger partial charge < -0.3 is 16.2 Å².